The van der Waals surface area contributed by atoms with Crippen LogP contribution in [0.3, 0.4) is 0 Å². The Morgan fingerprint density at radius 3 is 1.48 bits per heavy atom. The zero-order valence-corrected chi connectivity index (χ0v) is 18.4. The van der Waals surface area contributed by atoms with Gasteiger partial charge in [0.1, 0.15) is 24.4 Å². The Kier molecular flexibility index (Phi) is 8.60. The first kappa shape index (κ1) is 23.6. The average Bonchev–Trinajstić information content (AvgIpc) is 2.88. The molecule has 1 fully saturated rings. The van der Waals surface area contributed by atoms with Crippen LogP contribution in [0.15, 0.2) is 91.0 Å². The van der Waals surface area contributed by atoms with Gasteiger partial charge in [0, 0.05) is 0 Å². The minimum absolute atomic E-state index is 0.289. The van der Waals surface area contributed by atoms with E-state index in [0.717, 1.165) is 16.7 Å². The van der Waals surface area contributed by atoms with E-state index in [1.54, 1.807) is 0 Å². The highest BCUT2D eigenvalue weighted by atomic mass is 16.7. The van der Waals surface area contributed by atoms with E-state index >= 15 is 0 Å². The number of benzene rings is 3. The molecule has 4 rings (SSSR count). The maximum atomic E-state index is 10.9. The second-order valence-corrected chi connectivity index (χ2v) is 8.04. The summed E-state index contributed by atoms with van der Waals surface area (Å²) in [7, 11) is 0. The summed E-state index contributed by atoms with van der Waals surface area (Å²) in [4.78, 5) is 0. The van der Waals surface area contributed by atoms with Gasteiger partial charge in [-0.1, -0.05) is 91.0 Å². The van der Waals surface area contributed by atoms with Gasteiger partial charge < -0.3 is 29.2 Å². The zero-order valence-electron chi connectivity index (χ0n) is 18.4. The molecule has 3 aromatic carbocycles. The Hall–Kier alpha value is -2.58. The SMILES string of the molecule is OC[C@H]1O[C@@H](OCc2ccccc2)[C@@H](OCc2ccccc2)[C@@H](OCc2ccccc2)[C@@H]1O. The minimum Gasteiger partial charge on any atom is -0.394 e. The van der Waals surface area contributed by atoms with Gasteiger partial charge in [0.2, 0.25) is 0 Å². The van der Waals surface area contributed by atoms with E-state index in [9.17, 15) is 10.2 Å². The van der Waals surface area contributed by atoms with Crippen LogP contribution >= 0.6 is 0 Å². The van der Waals surface area contributed by atoms with Crippen LogP contribution in [-0.4, -0.2) is 47.5 Å². The Labute approximate surface area is 194 Å². The van der Waals surface area contributed by atoms with Crippen LogP contribution in [0.2, 0.25) is 0 Å². The van der Waals surface area contributed by atoms with Gasteiger partial charge in [-0.3, -0.25) is 0 Å². The fraction of sp³-hybridized carbons (Fsp3) is 0.333. The second-order valence-electron chi connectivity index (χ2n) is 8.04. The number of ether oxygens (including phenoxy) is 4. The molecule has 174 valence electrons. The van der Waals surface area contributed by atoms with Crippen molar-refractivity contribution in [3.63, 3.8) is 0 Å². The summed E-state index contributed by atoms with van der Waals surface area (Å²) in [5.74, 6) is 0. The van der Waals surface area contributed by atoms with E-state index < -0.39 is 30.7 Å². The second kappa shape index (κ2) is 12.0. The lowest BCUT2D eigenvalue weighted by Crippen LogP contribution is -2.60. The lowest BCUT2D eigenvalue weighted by molar-refractivity contribution is -0.322. The highest BCUT2D eigenvalue weighted by molar-refractivity contribution is 5.15. The van der Waals surface area contributed by atoms with Crippen molar-refractivity contribution < 1.29 is 29.2 Å². The van der Waals surface area contributed by atoms with Crippen LogP contribution in [0, 0.1) is 0 Å². The maximum absolute atomic E-state index is 10.9. The van der Waals surface area contributed by atoms with Gasteiger partial charge in [0.05, 0.1) is 26.4 Å². The molecule has 1 heterocycles. The third-order valence-corrected chi connectivity index (χ3v) is 5.63. The van der Waals surface area contributed by atoms with E-state index in [1.807, 2.05) is 91.0 Å². The first-order valence-electron chi connectivity index (χ1n) is 11.2. The van der Waals surface area contributed by atoms with Crippen LogP contribution in [0.1, 0.15) is 16.7 Å². The summed E-state index contributed by atoms with van der Waals surface area (Å²) in [6, 6.07) is 29.2. The van der Waals surface area contributed by atoms with Crippen molar-refractivity contribution in [1.29, 1.82) is 0 Å². The van der Waals surface area contributed by atoms with Crippen molar-refractivity contribution >= 4 is 0 Å². The van der Waals surface area contributed by atoms with Gasteiger partial charge >= 0.3 is 0 Å². The topological polar surface area (TPSA) is 77.4 Å². The van der Waals surface area contributed by atoms with Gasteiger partial charge in [-0.15, -0.1) is 0 Å². The predicted molar refractivity (Wildman–Crippen MR) is 123 cm³/mol. The van der Waals surface area contributed by atoms with Gasteiger partial charge in [0.15, 0.2) is 6.29 Å². The van der Waals surface area contributed by atoms with E-state index in [2.05, 4.69) is 0 Å². The number of rotatable bonds is 10. The van der Waals surface area contributed by atoms with Gasteiger partial charge in [-0.05, 0) is 16.7 Å². The summed E-state index contributed by atoms with van der Waals surface area (Å²) < 4.78 is 24.4. The molecule has 1 aliphatic rings. The molecule has 0 spiro atoms. The van der Waals surface area contributed by atoms with Crippen molar-refractivity contribution in [3.8, 4) is 0 Å². The Balaban J connectivity index is 1.52. The molecule has 0 bridgehead atoms. The van der Waals surface area contributed by atoms with Crippen LogP contribution < -0.4 is 0 Å². The van der Waals surface area contributed by atoms with Crippen LogP contribution in [0.5, 0.6) is 0 Å². The molecule has 0 saturated carbocycles. The van der Waals surface area contributed by atoms with E-state index in [4.69, 9.17) is 18.9 Å². The predicted octanol–water partition coefficient (Wildman–Crippen LogP) is 3.45. The third-order valence-electron chi connectivity index (χ3n) is 5.63. The normalized spacial score (nSPS) is 25.1. The summed E-state index contributed by atoms with van der Waals surface area (Å²) >= 11 is 0. The molecule has 6 heteroatoms. The highest BCUT2D eigenvalue weighted by Crippen LogP contribution is 2.29. The zero-order chi connectivity index (χ0) is 22.9. The molecule has 0 unspecified atom stereocenters. The molecule has 0 radical (unpaired) electrons. The molecule has 3 aromatic rings. The highest BCUT2D eigenvalue weighted by Gasteiger charge is 2.47. The molecule has 0 aliphatic carbocycles. The van der Waals surface area contributed by atoms with Crippen molar-refractivity contribution in [1.82, 2.24) is 0 Å². The van der Waals surface area contributed by atoms with E-state index in [0.29, 0.717) is 13.2 Å². The molecule has 0 aromatic heterocycles. The van der Waals surface area contributed by atoms with E-state index in [1.165, 1.54) is 0 Å². The van der Waals surface area contributed by atoms with Crippen molar-refractivity contribution in [2.45, 2.75) is 50.5 Å². The molecule has 1 saturated heterocycles. The number of hydrogen-bond acceptors (Lipinski definition) is 6. The minimum atomic E-state index is -1.07. The van der Waals surface area contributed by atoms with Gasteiger partial charge in [-0.25, -0.2) is 0 Å². The molecule has 0 amide bonds. The van der Waals surface area contributed by atoms with Crippen LogP contribution in [0.4, 0.5) is 0 Å². The van der Waals surface area contributed by atoms with Crippen molar-refractivity contribution in [3.05, 3.63) is 108 Å². The van der Waals surface area contributed by atoms with Gasteiger partial charge in [0.25, 0.3) is 0 Å². The molecular weight excluding hydrogens is 420 g/mol. The largest absolute Gasteiger partial charge is 0.394 e. The van der Waals surface area contributed by atoms with Crippen LogP contribution in [-0.2, 0) is 38.8 Å². The Morgan fingerprint density at radius 2 is 1.03 bits per heavy atom. The first-order valence-corrected chi connectivity index (χ1v) is 11.2. The number of aliphatic hydroxyl groups excluding tert-OH is 2. The molecule has 1 aliphatic heterocycles. The quantitative estimate of drug-likeness (QED) is 0.493. The molecule has 6 nitrogen and oxygen atoms in total. The number of aliphatic hydroxyl groups is 2. The molecule has 2 N–H and O–H groups in total. The fourth-order valence-electron chi connectivity index (χ4n) is 3.83. The van der Waals surface area contributed by atoms with E-state index in [-0.39, 0.29) is 13.2 Å². The van der Waals surface area contributed by atoms with Gasteiger partial charge in [-0.2, -0.15) is 0 Å². The van der Waals surface area contributed by atoms with Crippen molar-refractivity contribution in [2.75, 3.05) is 6.61 Å². The molecular formula is C27H30O6. The average molecular weight is 451 g/mol. The Bertz CT molecular complexity index is 937. The smallest absolute Gasteiger partial charge is 0.187 e. The fourth-order valence-corrected chi connectivity index (χ4v) is 3.83. The lowest BCUT2D eigenvalue weighted by Gasteiger charge is -2.43. The molecule has 33 heavy (non-hydrogen) atoms. The number of hydrogen-bond donors (Lipinski definition) is 2. The molecule has 5 atom stereocenters. The Morgan fingerprint density at radius 1 is 0.606 bits per heavy atom. The third kappa shape index (κ3) is 6.48. The van der Waals surface area contributed by atoms with Crippen molar-refractivity contribution in [2.24, 2.45) is 0 Å². The monoisotopic (exact) mass is 450 g/mol. The summed E-state index contributed by atoms with van der Waals surface area (Å²) in [6.07, 6.45) is -4.19. The summed E-state index contributed by atoms with van der Waals surface area (Å²) in [5.41, 5.74) is 2.94. The lowest BCUT2D eigenvalue weighted by atomic mass is 9.98. The summed E-state index contributed by atoms with van der Waals surface area (Å²) in [6.45, 7) is 0.540. The van der Waals surface area contributed by atoms with Crippen LogP contribution in [0.25, 0.3) is 0 Å². The first-order chi connectivity index (χ1) is 16.2. The standard InChI is InChI=1S/C27H30O6/c28-16-23-24(29)25(30-17-20-10-4-1-5-11-20)26(31-18-21-12-6-2-7-13-21)27(33-23)32-19-22-14-8-3-9-15-22/h1-15,23-29H,16-19H2/t23-,24-,25+,26+,27-/m1/s1. The maximum Gasteiger partial charge on any atom is 0.187 e. The summed E-state index contributed by atoms with van der Waals surface area (Å²) in [5, 5.41) is 20.8.